The number of aliphatic carboxylic acids is 1. The van der Waals surface area contributed by atoms with Crippen LogP contribution in [0.3, 0.4) is 0 Å². The molecule has 3 heteroatoms. The van der Waals surface area contributed by atoms with Crippen molar-refractivity contribution in [2.45, 2.75) is 78.2 Å². The zero-order valence-electron chi connectivity index (χ0n) is 14.8. The maximum absolute atomic E-state index is 11.7. The number of aliphatic hydroxyl groups is 1. The quantitative estimate of drug-likeness (QED) is 0.765. The van der Waals surface area contributed by atoms with Gasteiger partial charge in [-0.25, -0.2) is 0 Å². The lowest BCUT2D eigenvalue weighted by molar-refractivity contribution is -0.180. The molecule has 0 unspecified atom stereocenters. The number of aliphatic hydroxyl groups excluding tert-OH is 1. The summed E-state index contributed by atoms with van der Waals surface area (Å²) in [4.78, 5) is 11.7. The third kappa shape index (κ3) is 1.95. The highest BCUT2D eigenvalue weighted by molar-refractivity contribution is 5.71. The highest BCUT2D eigenvalue weighted by atomic mass is 16.4. The Labute approximate surface area is 139 Å². The van der Waals surface area contributed by atoms with E-state index in [0.29, 0.717) is 23.2 Å². The van der Waals surface area contributed by atoms with Crippen LogP contribution >= 0.6 is 0 Å². The van der Waals surface area contributed by atoms with Gasteiger partial charge in [-0.1, -0.05) is 20.8 Å². The second kappa shape index (κ2) is 4.74. The van der Waals surface area contributed by atoms with Crippen molar-refractivity contribution in [1.82, 2.24) is 0 Å². The summed E-state index contributed by atoms with van der Waals surface area (Å²) in [6.45, 7) is 7.00. The van der Waals surface area contributed by atoms with Crippen molar-refractivity contribution >= 4 is 5.97 Å². The topological polar surface area (TPSA) is 57.5 Å². The molecule has 23 heavy (non-hydrogen) atoms. The number of fused-ring (bicyclic) bond motifs is 3. The zero-order valence-corrected chi connectivity index (χ0v) is 14.8. The Morgan fingerprint density at radius 3 is 2.39 bits per heavy atom. The van der Waals surface area contributed by atoms with Crippen molar-refractivity contribution in [2.75, 3.05) is 0 Å². The summed E-state index contributed by atoms with van der Waals surface area (Å²) in [5, 5.41) is 20.2. The fraction of sp³-hybridized carbons (Fsp3) is 0.950. The molecule has 0 saturated heterocycles. The van der Waals surface area contributed by atoms with E-state index in [2.05, 4.69) is 20.8 Å². The van der Waals surface area contributed by atoms with Gasteiger partial charge in [0.15, 0.2) is 0 Å². The molecule has 0 aliphatic heterocycles. The number of carboxylic acid groups (broad SMARTS) is 1. The van der Waals surface area contributed by atoms with Gasteiger partial charge in [0.25, 0.3) is 0 Å². The summed E-state index contributed by atoms with van der Waals surface area (Å²) >= 11 is 0. The first-order valence-electron chi connectivity index (χ1n) is 9.62. The SMILES string of the molecule is CC1(C)[C@H](O)CC[C@]2(C)[C@@H]1CC[C@@]13C[C@H](CC[C@H]12)[C@H](C(=O)O)C3. The molecule has 3 nitrogen and oxygen atoms in total. The molecule has 4 saturated carbocycles. The maximum atomic E-state index is 11.7. The lowest BCUT2D eigenvalue weighted by Gasteiger charge is -2.64. The van der Waals surface area contributed by atoms with E-state index >= 15 is 0 Å². The van der Waals surface area contributed by atoms with E-state index in [9.17, 15) is 15.0 Å². The molecule has 4 aliphatic rings. The summed E-state index contributed by atoms with van der Waals surface area (Å²) < 4.78 is 0. The van der Waals surface area contributed by atoms with Crippen LogP contribution in [-0.4, -0.2) is 22.3 Å². The summed E-state index contributed by atoms with van der Waals surface area (Å²) in [6.07, 6.45) is 8.62. The van der Waals surface area contributed by atoms with E-state index in [4.69, 9.17) is 0 Å². The van der Waals surface area contributed by atoms with Crippen molar-refractivity contribution in [3.8, 4) is 0 Å². The van der Waals surface area contributed by atoms with Crippen LogP contribution in [0.1, 0.15) is 72.1 Å². The molecule has 4 aliphatic carbocycles. The molecule has 0 heterocycles. The highest BCUT2D eigenvalue weighted by Gasteiger charge is 2.65. The molecule has 130 valence electrons. The standard InChI is InChI=1S/C20H32O3/c1-18(2)14-6-9-20-10-12(13(11-20)17(22)23)4-5-15(20)19(14,3)8-7-16(18)21/h12-16,21H,4-11H2,1-3H3,(H,22,23)/t12-,13+,14+,15-,16+,19+,20-/m0/s1. The van der Waals surface area contributed by atoms with Crippen molar-refractivity contribution in [3.63, 3.8) is 0 Å². The van der Waals surface area contributed by atoms with Gasteiger partial charge in [0.2, 0.25) is 0 Å². The van der Waals surface area contributed by atoms with E-state index in [-0.39, 0.29) is 22.9 Å². The minimum atomic E-state index is -0.556. The van der Waals surface area contributed by atoms with Crippen LogP contribution in [-0.2, 0) is 4.79 Å². The largest absolute Gasteiger partial charge is 0.481 e. The minimum Gasteiger partial charge on any atom is -0.481 e. The first-order chi connectivity index (χ1) is 10.7. The molecule has 0 radical (unpaired) electrons. The first-order valence-corrected chi connectivity index (χ1v) is 9.62. The van der Waals surface area contributed by atoms with Crippen LogP contribution in [0.2, 0.25) is 0 Å². The maximum Gasteiger partial charge on any atom is 0.306 e. The number of carbonyl (C=O) groups is 1. The smallest absolute Gasteiger partial charge is 0.306 e. The Hall–Kier alpha value is -0.570. The van der Waals surface area contributed by atoms with Crippen LogP contribution in [0.25, 0.3) is 0 Å². The fourth-order valence-electron chi connectivity index (χ4n) is 7.95. The molecule has 0 aromatic carbocycles. The van der Waals surface area contributed by atoms with E-state index in [0.717, 1.165) is 32.1 Å². The van der Waals surface area contributed by atoms with Crippen molar-refractivity contribution in [2.24, 2.45) is 39.9 Å². The molecular weight excluding hydrogens is 288 g/mol. The lowest BCUT2D eigenvalue weighted by atomic mass is 9.41. The van der Waals surface area contributed by atoms with E-state index in [1.54, 1.807) is 0 Å². The van der Waals surface area contributed by atoms with Crippen LogP contribution in [0, 0.1) is 39.9 Å². The summed E-state index contributed by atoms with van der Waals surface area (Å²) in [6, 6.07) is 0. The Kier molecular flexibility index (Phi) is 3.28. The molecule has 2 bridgehead atoms. The fourth-order valence-corrected chi connectivity index (χ4v) is 7.95. The predicted octanol–water partition coefficient (Wildman–Crippen LogP) is 4.09. The normalized spacial score (nSPS) is 54.2. The molecule has 0 aromatic heterocycles. The van der Waals surface area contributed by atoms with Gasteiger partial charge in [0.05, 0.1) is 12.0 Å². The molecule has 0 amide bonds. The average Bonchev–Trinajstić information content (AvgIpc) is 2.75. The Bertz CT molecular complexity index is 527. The van der Waals surface area contributed by atoms with E-state index in [1.165, 1.54) is 19.3 Å². The molecule has 4 fully saturated rings. The molecule has 1 spiro atoms. The third-order valence-electron chi connectivity index (χ3n) is 8.98. The molecule has 0 aromatic rings. The Morgan fingerprint density at radius 2 is 1.70 bits per heavy atom. The van der Waals surface area contributed by atoms with Gasteiger partial charge in [0, 0.05) is 0 Å². The van der Waals surface area contributed by atoms with Gasteiger partial charge in [-0.3, -0.25) is 4.79 Å². The average molecular weight is 320 g/mol. The van der Waals surface area contributed by atoms with Gasteiger partial charge in [-0.2, -0.15) is 0 Å². The number of hydrogen-bond donors (Lipinski definition) is 2. The van der Waals surface area contributed by atoms with Crippen LogP contribution in [0.15, 0.2) is 0 Å². The van der Waals surface area contributed by atoms with Crippen molar-refractivity contribution < 1.29 is 15.0 Å². The Balaban J connectivity index is 1.70. The number of carboxylic acids is 1. The predicted molar refractivity (Wildman–Crippen MR) is 88.9 cm³/mol. The second-order valence-corrected chi connectivity index (χ2v) is 10.1. The van der Waals surface area contributed by atoms with E-state index < -0.39 is 5.97 Å². The first kappa shape index (κ1) is 15.9. The van der Waals surface area contributed by atoms with Gasteiger partial charge >= 0.3 is 5.97 Å². The molecule has 7 atom stereocenters. The zero-order chi connectivity index (χ0) is 16.6. The van der Waals surface area contributed by atoms with Gasteiger partial charge in [0.1, 0.15) is 0 Å². The molecule has 2 N–H and O–H groups in total. The van der Waals surface area contributed by atoms with Gasteiger partial charge < -0.3 is 10.2 Å². The van der Waals surface area contributed by atoms with E-state index in [1.807, 2.05) is 0 Å². The van der Waals surface area contributed by atoms with Crippen LogP contribution in [0.5, 0.6) is 0 Å². The second-order valence-electron chi connectivity index (χ2n) is 10.1. The third-order valence-corrected chi connectivity index (χ3v) is 8.98. The van der Waals surface area contributed by atoms with Crippen LogP contribution in [0.4, 0.5) is 0 Å². The number of rotatable bonds is 1. The van der Waals surface area contributed by atoms with Crippen molar-refractivity contribution in [1.29, 1.82) is 0 Å². The summed E-state index contributed by atoms with van der Waals surface area (Å²) in [7, 11) is 0. The molecule has 4 rings (SSSR count). The minimum absolute atomic E-state index is 0.00371. The Morgan fingerprint density at radius 1 is 0.957 bits per heavy atom. The van der Waals surface area contributed by atoms with Crippen molar-refractivity contribution in [3.05, 3.63) is 0 Å². The highest BCUT2D eigenvalue weighted by Crippen LogP contribution is 2.72. The summed E-state index contributed by atoms with van der Waals surface area (Å²) in [5.74, 6) is 1.02. The lowest BCUT2D eigenvalue weighted by Crippen LogP contribution is -2.59. The van der Waals surface area contributed by atoms with Crippen LogP contribution < -0.4 is 0 Å². The van der Waals surface area contributed by atoms with Gasteiger partial charge in [-0.05, 0) is 85.4 Å². The van der Waals surface area contributed by atoms with Gasteiger partial charge in [-0.15, -0.1) is 0 Å². The summed E-state index contributed by atoms with van der Waals surface area (Å²) in [5.41, 5.74) is 0.575. The monoisotopic (exact) mass is 320 g/mol. The molecular formula is C20H32O3. The number of hydrogen-bond acceptors (Lipinski definition) is 2.